The van der Waals surface area contributed by atoms with Gasteiger partial charge < -0.3 is 10.2 Å². The number of fused-ring (bicyclic) bond motifs is 1. The third-order valence-corrected chi connectivity index (χ3v) is 6.38. The highest BCUT2D eigenvalue weighted by Gasteiger charge is 2.31. The Kier molecular flexibility index (Phi) is 6.14. The molecule has 0 spiro atoms. The van der Waals surface area contributed by atoms with Crippen LogP contribution in [0.4, 0.5) is 5.69 Å². The molecule has 0 bridgehead atoms. The number of carbonyl (C=O) groups is 1. The van der Waals surface area contributed by atoms with E-state index >= 15 is 0 Å². The quantitative estimate of drug-likeness (QED) is 0.829. The second kappa shape index (κ2) is 7.61. The van der Waals surface area contributed by atoms with Crippen molar-refractivity contribution in [2.45, 2.75) is 63.1 Å². The average molecular weight is 388 g/mol. The summed E-state index contributed by atoms with van der Waals surface area (Å²) in [6.45, 7) is 6.40. The summed E-state index contributed by atoms with van der Waals surface area (Å²) < 4.78 is 28.2. The van der Waals surface area contributed by atoms with E-state index in [1.807, 2.05) is 6.92 Å². The molecule has 0 aliphatic carbocycles. The SMILES string of the molecule is CC(=O)N1c2ccc(S(=O)(=O)NC3CCNC(C)C3)cc2CC1C.Cl. The lowest BCUT2D eigenvalue weighted by Crippen LogP contribution is -2.46. The van der Waals surface area contributed by atoms with Crippen molar-refractivity contribution >= 4 is 34.0 Å². The number of benzene rings is 1. The van der Waals surface area contributed by atoms with Crippen molar-refractivity contribution in [2.75, 3.05) is 11.4 Å². The first kappa shape index (κ1) is 20.2. The molecular formula is C17H26ClN3O3S. The van der Waals surface area contributed by atoms with Crippen molar-refractivity contribution in [1.29, 1.82) is 0 Å². The molecule has 2 aliphatic heterocycles. The maximum Gasteiger partial charge on any atom is 0.240 e. The van der Waals surface area contributed by atoms with E-state index < -0.39 is 10.0 Å². The van der Waals surface area contributed by atoms with Crippen LogP contribution >= 0.6 is 12.4 Å². The number of anilines is 1. The summed E-state index contributed by atoms with van der Waals surface area (Å²) in [6, 6.07) is 5.40. The highest BCUT2D eigenvalue weighted by molar-refractivity contribution is 7.89. The summed E-state index contributed by atoms with van der Waals surface area (Å²) in [5, 5.41) is 3.32. The maximum atomic E-state index is 12.7. The fourth-order valence-corrected chi connectivity index (χ4v) is 5.11. The van der Waals surface area contributed by atoms with Gasteiger partial charge in [0, 0.05) is 30.7 Å². The van der Waals surface area contributed by atoms with Crippen LogP contribution < -0.4 is 14.9 Å². The lowest BCUT2D eigenvalue weighted by atomic mass is 10.0. The molecule has 0 saturated carbocycles. The molecule has 1 amide bonds. The molecule has 1 aromatic carbocycles. The lowest BCUT2D eigenvalue weighted by molar-refractivity contribution is -0.116. The van der Waals surface area contributed by atoms with Gasteiger partial charge in [-0.1, -0.05) is 0 Å². The van der Waals surface area contributed by atoms with Crippen molar-refractivity contribution in [3.8, 4) is 0 Å². The van der Waals surface area contributed by atoms with Crippen LogP contribution in [0, 0.1) is 0 Å². The van der Waals surface area contributed by atoms with Crippen molar-refractivity contribution in [3.05, 3.63) is 23.8 Å². The molecule has 25 heavy (non-hydrogen) atoms. The second-order valence-electron chi connectivity index (χ2n) is 6.93. The zero-order chi connectivity index (χ0) is 17.5. The Bertz CT molecular complexity index is 754. The zero-order valence-corrected chi connectivity index (χ0v) is 16.4. The smallest absolute Gasteiger partial charge is 0.240 e. The summed E-state index contributed by atoms with van der Waals surface area (Å²) in [4.78, 5) is 13.8. The number of halogens is 1. The van der Waals surface area contributed by atoms with E-state index in [1.165, 1.54) is 6.92 Å². The Morgan fingerprint density at radius 3 is 2.68 bits per heavy atom. The first-order valence-electron chi connectivity index (χ1n) is 8.46. The summed E-state index contributed by atoms with van der Waals surface area (Å²) in [5.41, 5.74) is 1.74. The Labute approximate surface area is 155 Å². The van der Waals surface area contributed by atoms with Gasteiger partial charge in [0.2, 0.25) is 15.9 Å². The molecule has 3 rings (SSSR count). The Hall–Kier alpha value is -1.15. The maximum absolute atomic E-state index is 12.7. The number of rotatable bonds is 3. The summed E-state index contributed by atoms with van der Waals surface area (Å²) in [5.74, 6) is -0.0151. The third-order valence-electron chi connectivity index (χ3n) is 4.86. The van der Waals surface area contributed by atoms with E-state index in [2.05, 4.69) is 17.0 Å². The monoisotopic (exact) mass is 387 g/mol. The highest BCUT2D eigenvalue weighted by atomic mass is 35.5. The summed E-state index contributed by atoms with van der Waals surface area (Å²) in [7, 11) is -3.54. The van der Waals surface area contributed by atoms with E-state index in [1.54, 1.807) is 23.1 Å². The molecular weight excluding hydrogens is 362 g/mol. The van der Waals surface area contributed by atoms with Crippen LogP contribution in [-0.4, -0.2) is 39.0 Å². The number of hydrogen-bond acceptors (Lipinski definition) is 4. The van der Waals surface area contributed by atoms with E-state index in [0.29, 0.717) is 12.5 Å². The molecule has 2 heterocycles. The molecule has 3 unspecified atom stereocenters. The number of nitrogens with one attached hydrogen (secondary N) is 2. The van der Waals surface area contributed by atoms with Gasteiger partial charge in [-0.05, 0) is 63.4 Å². The van der Waals surface area contributed by atoms with Crippen molar-refractivity contribution in [3.63, 3.8) is 0 Å². The van der Waals surface area contributed by atoms with Crippen LogP contribution in [0.5, 0.6) is 0 Å². The second-order valence-corrected chi connectivity index (χ2v) is 8.64. The summed E-state index contributed by atoms with van der Waals surface area (Å²) in [6.07, 6.45) is 2.27. The van der Waals surface area contributed by atoms with Crippen LogP contribution in [0.15, 0.2) is 23.1 Å². The van der Waals surface area contributed by atoms with Crippen molar-refractivity contribution in [1.82, 2.24) is 10.0 Å². The Balaban J connectivity index is 0.00000225. The van der Waals surface area contributed by atoms with Gasteiger partial charge >= 0.3 is 0 Å². The largest absolute Gasteiger partial charge is 0.314 e. The van der Waals surface area contributed by atoms with Crippen LogP contribution in [0.2, 0.25) is 0 Å². The summed E-state index contributed by atoms with van der Waals surface area (Å²) >= 11 is 0. The van der Waals surface area contributed by atoms with Crippen LogP contribution in [0.1, 0.15) is 39.2 Å². The first-order valence-corrected chi connectivity index (χ1v) is 9.94. The topological polar surface area (TPSA) is 78.5 Å². The van der Waals surface area contributed by atoms with Gasteiger partial charge in [0.1, 0.15) is 0 Å². The zero-order valence-electron chi connectivity index (χ0n) is 14.8. The van der Waals surface area contributed by atoms with Gasteiger partial charge in [0.25, 0.3) is 0 Å². The predicted octanol–water partition coefficient (Wildman–Crippen LogP) is 1.82. The molecule has 8 heteroatoms. The molecule has 1 fully saturated rings. The molecule has 140 valence electrons. The van der Waals surface area contributed by atoms with E-state index in [4.69, 9.17) is 0 Å². The van der Waals surface area contributed by atoms with Crippen LogP contribution in [0.3, 0.4) is 0 Å². The van der Waals surface area contributed by atoms with Crippen LogP contribution in [0.25, 0.3) is 0 Å². The van der Waals surface area contributed by atoms with Gasteiger partial charge in [-0.2, -0.15) is 0 Å². The minimum Gasteiger partial charge on any atom is -0.314 e. The minimum absolute atomic E-state index is 0. The first-order chi connectivity index (χ1) is 11.3. The average Bonchev–Trinajstić information content (AvgIpc) is 2.81. The van der Waals surface area contributed by atoms with Crippen molar-refractivity contribution < 1.29 is 13.2 Å². The number of sulfonamides is 1. The van der Waals surface area contributed by atoms with E-state index in [-0.39, 0.29) is 35.3 Å². The fraction of sp³-hybridized carbons (Fsp3) is 0.588. The third kappa shape index (κ3) is 4.16. The van der Waals surface area contributed by atoms with Gasteiger partial charge in [-0.3, -0.25) is 4.79 Å². The highest BCUT2D eigenvalue weighted by Crippen LogP contribution is 2.34. The fourth-order valence-electron chi connectivity index (χ4n) is 3.78. The Morgan fingerprint density at radius 1 is 1.32 bits per heavy atom. The predicted molar refractivity (Wildman–Crippen MR) is 101 cm³/mol. The number of hydrogen-bond donors (Lipinski definition) is 2. The lowest BCUT2D eigenvalue weighted by Gasteiger charge is -2.28. The van der Waals surface area contributed by atoms with Crippen LogP contribution in [-0.2, 0) is 21.2 Å². The van der Waals surface area contributed by atoms with Gasteiger partial charge in [0.05, 0.1) is 4.90 Å². The molecule has 2 aliphatic rings. The van der Waals surface area contributed by atoms with Gasteiger partial charge in [-0.25, -0.2) is 13.1 Å². The van der Waals surface area contributed by atoms with E-state index in [0.717, 1.165) is 30.6 Å². The molecule has 1 saturated heterocycles. The standard InChI is InChI=1S/C17H25N3O3S.ClH/c1-11-8-15(6-7-18-11)19-24(22,23)16-4-5-17-14(10-16)9-12(2)20(17)13(3)21;/h4-5,10-12,15,18-19H,6-9H2,1-3H3;1H. The number of piperidine rings is 1. The van der Waals surface area contributed by atoms with E-state index in [9.17, 15) is 13.2 Å². The molecule has 1 aromatic rings. The van der Waals surface area contributed by atoms with Crippen molar-refractivity contribution in [2.24, 2.45) is 0 Å². The number of carbonyl (C=O) groups excluding carboxylic acids is 1. The minimum atomic E-state index is -3.54. The molecule has 0 radical (unpaired) electrons. The molecule has 0 aromatic heterocycles. The molecule has 6 nitrogen and oxygen atoms in total. The number of nitrogens with zero attached hydrogens (tertiary/aromatic N) is 1. The molecule has 2 N–H and O–H groups in total. The van der Waals surface area contributed by atoms with Gasteiger partial charge in [-0.15, -0.1) is 12.4 Å². The normalized spacial score (nSPS) is 26.0. The Morgan fingerprint density at radius 2 is 2.04 bits per heavy atom. The molecule has 3 atom stereocenters. The number of amides is 1. The van der Waals surface area contributed by atoms with Gasteiger partial charge in [0.15, 0.2) is 0 Å².